The first-order valence-electron chi connectivity index (χ1n) is 6.39. The molecular weight excluding hydrogens is 308 g/mol. The molecule has 8 heteroatoms. The molecule has 0 unspecified atom stereocenters. The van der Waals surface area contributed by atoms with Crippen molar-refractivity contribution in [2.45, 2.75) is 6.54 Å². The van der Waals surface area contributed by atoms with Crippen LogP contribution in [-0.2, 0) is 16.1 Å². The van der Waals surface area contributed by atoms with Crippen LogP contribution in [0.1, 0.15) is 5.56 Å². The van der Waals surface area contributed by atoms with Crippen molar-refractivity contribution < 1.29 is 14.3 Å². The summed E-state index contributed by atoms with van der Waals surface area (Å²) < 4.78 is 9.84. The number of carbonyl (C=O) groups excluding carboxylic acids is 1. The number of hydrogen-bond donors (Lipinski definition) is 2. The maximum absolute atomic E-state index is 11.0. The van der Waals surface area contributed by atoms with Gasteiger partial charge in [-0.3, -0.25) is 0 Å². The normalized spacial score (nSPS) is 10.1. The molecule has 0 bridgehead atoms. The van der Waals surface area contributed by atoms with E-state index in [4.69, 9.17) is 22.1 Å². The molecule has 0 spiro atoms. The molecule has 0 radical (unpaired) electrons. The smallest absolute Gasteiger partial charge is 0.343 e. The van der Waals surface area contributed by atoms with Gasteiger partial charge in [0.05, 0.1) is 7.11 Å². The minimum Gasteiger partial charge on any atom is -0.482 e. The molecule has 2 aromatic rings. The number of carbonyl (C=O) groups is 1. The van der Waals surface area contributed by atoms with Crippen molar-refractivity contribution in [2.24, 2.45) is 0 Å². The van der Waals surface area contributed by atoms with E-state index in [1.807, 2.05) is 18.2 Å². The summed E-state index contributed by atoms with van der Waals surface area (Å²) in [5.41, 5.74) is 6.46. The van der Waals surface area contributed by atoms with E-state index in [0.29, 0.717) is 18.1 Å². The van der Waals surface area contributed by atoms with Crippen LogP contribution in [-0.4, -0.2) is 29.7 Å². The van der Waals surface area contributed by atoms with Crippen LogP contribution in [0.15, 0.2) is 30.3 Å². The molecule has 1 heterocycles. The Bertz CT molecular complexity index is 646. The van der Waals surface area contributed by atoms with Crippen molar-refractivity contribution in [1.82, 2.24) is 9.97 Å². The lowest BCUT2D eigenvalue weighted by molar-refractivity contribution is -0.142. The maximum atomic E-state index is 11.0. The third kappa shape index (κ3) is 4.78. The number of ether oxygens (including phenoxy) is 2. The van der Waals surface area contributed by atoms with E-state index >= 15 is 0 Å². The standard InChI is InChI=1S/C14H15ClN4O3/c1-21-13(20)8-22-10-4-2-3-9(5-10)7-17-12-6-11(15)18-14(16)19-12/h2-6H,7-8H2,1H3,(H3,16,17,18,19). The molecule has 0 fully saturated rings. The van der Waals surface area contributed by atoms with Crippen molar-refractivity contribution in [1.29, 1.82) is 0 Å². The highest BCUT2D eigenvalue weighted by atomic mass is 35.5. The van der Waals surface area contributed by atoms with E-state index in [1.54, 1.807) is 12.1 Å². The Labute approximate surface area is 132 Å². The summed E-state index contributed by atoms with van der Waals surface area (Å²) in [6, 6.07) is 8.87. The fourth-order valence-corrected chi connectivity index (χ4v) is 1.85. The molecule has 3 N–H and O–H groups in total. The number of nitrogens with two attached hydrogens (primary N) is 1. The van der Waals surface area contributed by atoms with Gasteiger partial charge >= 0.3 is 5.97 Å². The Kier molecular flexibility index (Phi) is 5.37. The number of nitrogens with zero attached hydrogens (tertiary/aromatic N) is 2. The number of rotatable bonds is 6. The fourth-order valence-electron chi connectivity index (χ4n) is 1.66. The highest BCUT2D eigenvalue weighted by Gasteiger charge is 2.04. The van der Waals surface area contributed by atoms with Gasteiger partial charge in [0, 0.05) is 12.6 Å². The number of methoxy groups -OCH3 is 1. The molecule has 22 heavy (non-hydrogen) atoms. The van der Waals surface area contributed by atoms with E-state index in [2.05, 4.69) is 20.0 Å². The van der Waals surface area contributed by atoms with Crippen molar-refractivity contribution in [3.05, 3.63) is 41.0 Å². The van der Waals surface area contributed by atoms with Crippen LogP contribution in [0.3, 0.4) is 0 Å². The van der Waals surface area contributed by atoms with Crippen molar-refractivity contribution in [3.8, 4) is 5.75 Å². The van der Waals surface area contributed by atoms with Crippen LogP contribution >= 0.6 is 11.6 Å². The fraction of sp³-hybridized carbons (Fsp3) is 0.214. The molecule has 2 rings (SSSR count). The van der Waals surface area contributed by atoms with E-state index in [-0.39, 0.29) is 17.7 Å². The van der Waals surface area contributed by atoms with Gasteiger partial charge in [-0.1, -0.05) is 23.7 Å². The number of anilines is 2. The summed E-state index contributed by atoms with van der Waals surface area (Å²) in [5.74, 6) is 0.767. The van der Waals surface area contributed by atoms with Crippen LogP contribution in [0.5, 0.6) is 5.75 Å². The van der Waals surface area contributed by atoms with Gasteiger partial charge < -0.3 is 20.5 Å². The van der Waals surface area contributed by atoms with Crippen LogP contribution in [0.4, 0.5) is 11.8 Å². The number of esters is 1. The average Bonchev–Trinajstić information content (AvgIpc) is 2.50. The summed E-state index contributed by atoms with van der Waals surface area (Å²) in [6.45, 7) is 0.355. The van der Waals surface area contributed by atoms with Gasteiger partial charge in [0.15, 0.2) is 6.61 Å². The summed E-state index contributed by atoms with van der Waals surface area (Å²) >= 11 is 5.81. The lowest BCUT2D eigenvalue weighted by atomic mass is 10.2. The molecule has 0 aliphatic carbocycles. The Hall–Kier alpha value is -2.54. The Morgan fingerprint density at radius 3 is 2.91 bits per heavy atom. The van der Waals surface area contributed by atoms with E-state index < -0.39 is 5.97 Å². The highest BCUT2D eigenvalue weighted by Crippen LogP contribution is 2.16. The zero-order chi connectivity index (χ0) is 15.9. The third-order valence-corrected chi connectivity index (χ3v) is 2.86. The Morgan fingerprint density at radius 1 is 1.36 bits per heavy atom. The van der Waals surface area contributed by atoms with E-state index in [9.17, 15) is 4.79 Å². The van der Waals surface area contributed by atoms with E-state index in [0.717, 1.165) is 5.56 Å². The second kappa shape index (κ2) is 7.46. The van der Waals surface area contributed by atoms with Crippen molar-refractivity contribution in [2.75, 3.05) is 24.8 Å². The molecule has 0 aliphatic rings. The number of aromatic nitrogens is 2. The second-order valence-electron chi connectivity index (χ2n) is 4.30. The molecule has 7 nitrogen and oxygen atoms in total. The summed E-state index contributed by atoms with van der Waals surface area (Å²) in [6.07, 6.45) is 0. The predicted molar refractivity (Wildman–Crippen MR) is 82.7 cm³/mol. The Balaban J connectivity index is 1.96. The number of benzene rings is 1. The second-order valence-corrected chi connectivity index (χ2v) is 4.69. The monoisotopic (exact) mass is 322 g/mol. The number of hydrogen-bond acceptors (Lipinski definition) is 7. The maximum Gasteiger partial charge on any atom is 0.343 e. The van der Waals surface area contributed by atoms with Gasteiger partial charge in [0.25, 0.3) is 0 Å². The summed E-state index contributed by atoms with van der Waals surface area (Å²) in [5, 5.41) is 3.35. The van der Waals surface area contributed by atoms with Gasteiger partial charge in [0.2, 0.25) is 5.95 Å². The number of nitrogen functional groups attached to an aromatic ring is 1. The highest BCUT2D eigenvalue weighted by molar-refractivity contribution is 6.29. The largest absolute Gasteiger partial charge is 0.482 e. The lowest BCUT2D eigenvalue weighted by Gasteiger charge is -2.09. The summed E-state index contributed by atoms with van der Waals surface area (Å²) in [7, 11) is 1.31. The van der Waals surface area contributed by atoms with Crippen molar-refractivity contribution in [3.63, 3.8) is 0 Å². The Morgan fingerprint density at radius 2 is 2.18 bits per heavy atom. The molecule has 0 atom stereocenters. The van der Waals surface area contributed by atoms with Crippen LogP contribution in [0, 0.1) is 0 Å². The minimum absolute atomic E-state index is 0.102. The van der Waals surface area contributed by atoms with Gasteiger partial charge in [0.1, 0.15) is 16.7 Å². The summed E-state index contributed by atoms with van der Waals surface area (Å²) in [4.78, 5) is 18.8. The average molecular weight is 323 g/mol. The van der Waals surface area contributed by atoms with Gasteiger partial charge in [-0.05, 0) is 17.7 Å². The predicted octanol–water partition coefficient (Wildman–Crippen LogP) is 1.88. The molecule has 0 aliphatic heterocycles. The molecule has 0 saturated heterocycles. The minimum atomic E-state index is -0.436. The third-order valence-electron chi connectivity index (χ3n) is 2.67. The first-order valence-corrected chi connectivity index (χ1v) is 6.77. The molecule has 1 aromatic carbocycles. The van der Waals surface area contributed by atoms with Gasteiger partial charge in [-0.15, -0.1) is 0 Å². The zero-order valence-corrected chi connectivity index (χ0v) is 12.6. The molecule has 0 saturated carbocycles. The van der Waals surface area contributed by atoms with E-state index in [1.165, 1.54) is 7.11 Å². The molecule has 0 amide bonds. The molecule has 1 aromatic heterocycles. The number of halogens is 1. The lowest BCUT2D eigenvalue weighted by Crippen LogP contribution is -2.12. The van der Waals surface area contributed by atoms with Crippen LogP contribution in [0.2, 0.25) is 5.15 Å². The van der Waals surface area contributed by atoms with Crippen LogP contribution < -0.4 is 15.8 Å². The quantitative estimate of drug-likeness (QED) is 0.618. The first kappa shape index (κ1) is 15.8. The molecular formula is C14H15ClN4O3. The van der Waals surface area contributed by atoms with Crippen LogP contribution in [0.25, 0.3) is 0 Å². The SMILES string of the molecule is COC(=O)COc1cccc(CNc2cc(Cl)nc(N)n2)c1. The topological polar surface area (TPSA) is 99.4 Å². The van der Waals surface area contributed by atoms with Crippen molar-refractivity contribution >= 4 is 29.3 Å². The van der Waals surface area contributed by atoms with Gasteiger partial charge in [-0.25, -0.2) is 9.78 Å². The zero-order valence-electron chi connectivity index (χ0n) is 11.9. The number of nitrogens with one attached hydrogen (secondary N) is 1. The molecule has 116 valence electrons. The van der Waals surface area contributed by atoms with Gasteiger partial charge in [-0.2, -0.15) is 4.98 Å². The first-order chi connectivity index (χ1) is 10.6.